The molecule has 0 atom stereocenters. The molecule has 6 nitrogen and oxygen atoms in total. The highest BCUT2D eigenvalue weighted by Gasteiger charge is 2.16. The van der Waals surface area contributed by atoms with Gasteiger partial charge in [0.15, 0.2) is 0 Å². The predicted molar refractivity (Wildman–Crippen MR) is 77.2 cm³/mol. The van der Waals surface area contributed by atoms with Crippen LogP contribution in [0.25, 0.3) is 22.4 Å². The molecular weight excluding hydrogens is 275 g/mol. The molecule has 1 heterocycles. The molecule has 106 valence electrons. The summed E-state index contributed by atoms with van der Waals surface area (Å²) in [7, 11) is 1.75. The molecule has 0 aliphatic rings. The van der Waals surface area contributed by atoms with Gasteiger partial charge in [-0.25, -0.2) is 9.37 Å². The number of aryl methyl sites for hydroxylation is 1. The van der Waals surface area contributed by atoms with Crippen molar-refractivity contribution in [3.05, 3.63) is 52.3 Å². The summed E-state index contributed by atoms with van der Waals surface area (Å²) in [5.74, 6) is 0.0657. The molecule has 0 fully saturated rings. The van der Waals surface area contributed by atoms with E-state index in [1.807, 2.05) is 0 Å². The fourth-order valence-corrected chi connectivity index (χ4v) is 2.27. The van der Waals surface area contributed by atoms with Crippen LogP contribution >= 0.6 is 0 Å². The summed E-state index contributed by atoms with van der Waals surface area (Å²) in [6.07, 6.45) is 0. The maximum atomic E-state index is 13.3. The van der Waals surface area contributed by atoms with Crippen LogP contribution < -0.4 is 5.73 Å². The molecule has 2 N–H and O–H groups in total. The lowest BCUT2D eigenvalue weighted by atomic mass is 10.1. The second-order valence-corrected chi connectivity index (χ2v) is 4.66. The third kappa shape index (κ3) is 2.08. The van der Waals surface area contributed by atoms with Crippen LogP contribution in [0.5, 0.6) is 0 Å². The number of hydrogen-bond donors (Lipinski definition) is 1. The van der Waals surface area contributed by atoms with E-state index >= 15 is 0 Å². The Labute approximate surface area is 118 Å². The largest absolute Gasteiger partial charge is 0.398 e. The van der Waals surface area contributed by atoms with E-state index < -0.39 is 4.92 Å². The van der Waals surface area contributed by atoms with E-state index in [-0.39, 0.29) is 11.5 Å². The molecule has 7 heteroatoms. The first-order valence-corrected chi connectivity index (χ1v) is 6.13. The highest BCUT2D eigenvalue weighted by Crippen LogP contribution is 2.31. The fourth-order valence-electron chi connectivity index (χ4n) is 2.27. The minimum atomic E-state index is -0.495. The molecule has 0 bridgehead atoms. The summed E-state index contributed by atoms with van der Waals surface area (Å²) >= 11 is 0. The number of nitro benzene ring substituents is 1. The molecule has 0 aliphatic heterocycles. The van der Waals surface area contributed by atoms with Gasteiger partial charge >= 0.3 is 0 Å². The predicted octanol–water partition coefficient (Wildman–Crippen LogP) is 2.87. The Bertz CT molecular complexity index is 873. The Morgan fingerprint density at radius 2 is 2.05 bits per heavy atom. The Hall–Kier alpha value is -2.96. The smallest absolute Gasteiger partial charge is 0.270 e. The summed E-state index contributed by atoms with van der Waals surface area (Å²) in [4.78, 5) is 14.7. The summed E-state index contributed by atoms with van der Waals surface area (Å²) in [6, 6.07) is 8.42. The van der Waals surface area contributed by atoms with Crippen molar-refractivity contribution in [2.75, 3.05) is 5.73 Å². The molecule has 3 rings (SSSR count). The van der Waals surface area contributed by atoms with Gasteiger partial charge in [-0.2, -0.15) is 0 Å². The molecule has 0 saturated heterocycles. The van der Waals surface area contributed by atoms with Crippen molar-refractivity contribution >= 4 is 22.4 Å². The maximum absolute atomic E-state index is 13.3. The van der Waals surface area contributed by atoms with E-state index in [2.05, 4.69) is 4.98 Å². The summed E-state index contributed by atoms with van der Waals surface area (Å²) in [5.41, 5.74) is 7.83. The number of rotatable bonds is 2. The van der Waals surface area contributed by atoms with Gasteiger partial charge in [0.1, 0.15) is 11.6 Å². The van der Waals surface area contributed by atoms with Crippen molar-refractivity contribution < 1.29 is 9.31 Å². The number of halogens is 1. The number of nitrogens with two attached hydrogens (primary N) is 1. The number of nitro groups is 1. The van der Waals surface area contributed by atoms with Crippen LogP contribution in [0, 0.1) is 15.9 Å². The zero-order chi connectivity index (χ0) is 15.1. The second-order valence-electron chi connectivity index (χ2n) is 4.66. The number of imidazole rings is 1. The highest BCUT2D eigenvalue weighted by atomic mass is 19.1. The Kier molecular flexibility index (Phi) is 2.83. The molecule has 0 radical (unpaired) electrons. The molecule has 21 heavy (non-hydrogen) atoms. The number of aromatic nitrogens is 2. The van der Waals surface area contributed by atoms with Crippen molar-refractivity contribution in [2.24, 2.45) is 7.05 Å². The summed E-state index contributed by atoms with van der Waals surface area (Å²) < 4.78 is 15.0. The van der Waals surface area contributed by atoms with Crippen molar-refractivity contribution in [3.63, 3.8) is 0 Å². The van der Waals surface area contributed by atoms with Crippen LogP contribution in [-0.4, -0.2) is 14.5 Å². The fraction of sp³-hybridized carbons (Fsp3) is 0.0714. The molecular formula is C14H11FN4O2. The van der Waals surface area contributed by atoms with Crippen molar-refractivity contribution in [1.82, 2.24) is 9.55 Å². The first-order valence-electron chi connectivity index (χ1n) is 6.13. The van der Waals surface area contributed by atoms with E-state index in [1.165, 1.54) is 30.3 Å². The van der Waals surface area contributed by atoms with Gasteiger partial charge in [-0.1, -0.05) is 0 Å². The normalized spacial score (nSPS) is 11.0. The summed E-state index contributed by atoms with van der Waals surface area (Å²) in [6.45, 7) is 0. The minimum Gasteiger partial charge on any atom is -0.398 e. The molecule has 0 unspecified atom stereocenters. The van der Waals surface area contributed by atoms with Crippen LogP contribution in [0.2, 0.25) is 0 Å². The topological polar surface area (TPSA) is 87.0 Å². The van der Waals surface area contributed by atoms with Gasteiger partial charge < -0.3 is 10.3 Å². The zero-order valence-corrected chi connectivity index (χ0v) is 11.1. The van der Waals surface area contributed by atoms with Crippen LogP contribution in [0.1, 0.15) is 0 Å². The van der Waals surface area contributed by atoms with Crippen molar-refractivity contribution in [1.29, 1.82) is 0 Å². The van der Waals surface area contributed by atoms with Gasteiger partial charge in [0.25, 0.3) is 5.69 Å². The number of benzene rings is 2. The maximum Gasteiger partial charge on any atom is 0.270 e. The average molecular weight is 286 g/mol. The SMILES string of the molecule is Cn1c(-c2cc([N+](=O)[O-])ccc2N)nc2cc(F)ccc21. The van der Waals surface area contributed by atoms with Crippen LogP contribution in [-0.2, 0) is 7.05 Å². The van der Waals surface area contributed by atoms with Gasteiger partial charge in [-0.3, -0.25) is 10.1 Å². The number of nitrogens with zero attached hydrogens (tertiary/aromatic N) is 3. The standard InChI is InChI=1S/C14H11FN4O2/c1-18-13-5-2-8(15)6-12(13)17-14(18)10-7-9(19(20)21)3-4-11(10)16/h2-7H,16H2,1H3. The van der Waals surface area contributed by atoms with E-state index in [0.717, 1.165) is 5.52 Å². The molecule has 0 spiro atoms. The van der Waals surface area contributed by atoms with E-state index in [0.29, 0.717) is 22.6 Å². The third-order valence-corrected chi connectivity index (χ3v) is 3.33. The highest BCUT2D eigenvalue weighted by molar-refractivity contribution is 5.84. The molecule has 1 aromatic heterocycles. The van der Waals surface area contributed by atoms with Gasteiger partial charge in [0, 0.05) is 36.5 Å². The molecule has 0 saturated carbocycles. The van der Waals surface area contributed by atoms with E-state index in [9.17, 15) is 14.5 Å². The lowest BCUT2D eigenvalue weighted by Gasteiger charge is -2.05. The average Bonchev–Trinajstić information content (AvgIpc) is 2.75. The van der Waals surface area contributed by atoms with Gasteiger partial charge in [0.05, 0.1) is 16.0 Å². The van der Waals surface area contributed by atoms with Crippen LogP contribution in [0.4, 0.5) is 15.8 Å². The summed E-state index contributed by atoms with van der Waals surface area (Å²) in [5, 5.41) is 10.9. The lowest BCUT2D eigenvalue weighted by molar-refractivity contribution is -0.384. The zero-order valence-electron chi connectivity index (χ0n) is 11.1. The van der Waals surface area contributed by atoms with Crippen LogP contribution in [0.15, 0.2) is 36.4 Å². The number of hydrogen-bond acceptors (Lipinski definition) is 4. The minimum absolute atomic E-state index is 0.0718. The molecule has 3 aromatic rings. The molecule has 0 aliphatic carbocycles. The third-order valence-electron chi connectivity index (χ3n) is 3.33. The van der Waals surface area contributed by atoms with Gasteiger partial charge in [0.2, 0.25) is 0 Å². The number of non-ortho nitro benzene ring substituents is 1. The molecule has 0 amide bonds. The van der Waals surface area contributed by atoms with E-state index in [1.54, 1.807) is 17.7 Å². The van der Waals surface area contributed by atoms with E-state index in [4.69, 9.17) is 5.73 Å². The van der Waals surface area contributed by atoms with Crippen molar-refractivity contribution in [2.45, 2.75) is 0 Å². The quantitative estimate of drug-likeness (QED) is 0.446. The second kappa shape index (κ2) is 4.55. The van der Waals surface area contributed by atoms with Gasteiger partial charge in [-0.15, -0.1) is 0 Å². The Morgan fingerprint density at radius 1 is 1.29 bits per heavy atom. The Morgan fingerprint density at radius 3 is 2.76 bits per heavy atom. The first kappa shape index (κ1) is 13.0. The number of anilines is 1. The van der Waals surface area contributed by atoms with Crippen molar-refractivity contribution in [3.8, 4) is 11.4 Å². The first-order chi connectivity index (χ1) is 9.97. The monoisotopic (exact) mass is 286 g/mol. The lowest BCUT2D eigenvalue weighted by Crippen LogP contribution is -1.98. The number of fused-ring (bicyclic) bond motifs is 1. The van der Waals surface area contributed by atoms with Gasteiger partial charge in [-0.05, 0) is 18.2 Å². The van der Waals surface area contributed by atoms with Crippen LogP contribution in [0.3, 0.4) is 0 Å². The molecule has 2 aromatic carbocycles. The number of nitrogen functional groups attached to an aromatic ring is 1. The Balaban J connectivity index is 2.27.